The predicted molar refractivity (Wildman–Crippen MR) is 49.5 cm³/mol. The van der Waals surface area contributed by atoms with Crippen LogP contribution in [-0.2, 0) is 0 Å². The molecule has 0 aliphatic rings. The van der Waals surface area contributed by atoms with Crippen molar-refractivity contribution in [2.45, 2.75) is 19.4 Å². The van der Waals surface area contributed by atoms with E-state index in [0.717, 1.165) is 18.1 Å². The zero-order valence-electron chi connectivity index (χ0n) is 7.27. The Morgan fingerprint density at radius 1 is 1.75 bits per heavy atom. The van der Waals surface area contributed by atoms with E-state index < -0.39 is 0 Å². The molecule has 1 atom stereocenters. The number of hydrogen-bond acceptors (Lipinski definition) is 5. The summed E-state index contributed by atoms with van der Waals surface area (Å²) in [5, 5.41) is 9.94. The molecule has 0 spiro atoms. The maximum Gasteiger partial charge on any atom is 0.204 e. The van der Waals surface area contributed by atoms with Gasteiger partial charge in [-0.1, -0.05) is 0 Å². The summed E-state index contributed by atoms with van der Waals surface area (Å²) in [7, 11) is 1.95. The fraction of sp³-hybridized carbons (Fsp3) is 0.714. The molecule has 1 heterocycles. The summed E-state index contributed by atoms with van der Waals surface area (Å²) in [6.45, 7) is 2.60. The van der Waals surface area contributed by atoms with Gasteiger partial charge in [0.2, 0.25) is 5.13 Å². The Morgan fingerprint density at radius 3 is 3.00 bits per heavy atom. The summed E-state index contributed by atoms with van der Waals surface area (Å²) in [4.78, 5) is 6.04. The van der Waals surface area contributed by atoms with Gasteiger partial charge in [-0.2, -0.15) is 4.37 Å². The predicted octanol–water partition coefficient (Wildman–Crippen LogP) is 0.745. The lowest BCUT2D eigenvalue weighted by molar-refractivity contribution is 0.187. The third-order valence-electron chi connectivity index (χ3n) is 1.56. The highest BCUT2D eigenvalue weighted by Crippen LogP contribution is 2.12. The SMILES string of the molecule is CC(O)CCN(C)c1ncns1. The zero-order valence-corrected chi connectivity index (χ0v) is 8.08. The Bertz CT molecular complexity index is 212. The lowest BCUT2D eigenvalue weighted by Crippen LogP contribution is -2.21. The number of aliphatic hydroxyl groups excluding tert-OH is 1. The van der Waals surface area contributed by atoms with Crippen LogP contribution in [0, 0.1) is 0 Å². The molecule has 0 aromatic carbocycles. The van der Waals surface area contributed by atoms with E-state index in [4.69, 9.17) is 5.11 Å². The molecule has 4 nitrogen and oxygen atoms in total. The molecule has 0 fully saturated rings. The first-order valence-electron chi connectivity index (χ1n) is 3.86. The third kappa shape index (κ3) is 2.75. The van der Waals surface area contributed by atoms with Crippen molar-refractivity contribution in [3.8, 4) is 0 Å². The molecule has 0 radical (unpaired) electrons. The van der Waals surface area contributed by atoms with Gasteiger partial charge in [0, 0.05) is 25.1 Å². The minimum atomic E-state index is -0.250. The van der Waals surface area contributed by atoms with Crippen LogP contribution in [0.4, 0.5) is 5.13 Å². The van der Waals surface area contributed by atoms with Gasteiger partial charge >= 0.3 is 0 Å². The van der Waals surface area contributed by atoms with Crippen molar-refractivity contribution < 1.29 is 5.11 Å². The van der Waals surface area contributed by atoms with E-state index in [1.165, 1.54) is 11.5 Å². The molecule has 68 valence electrons. The molecule has 0 aliphatic heterocycles. The third-order valence-corrected chi connectivity index (χ3v) is 2.34. The van der Waals surface area contributed by atoms with Crippen LogP contribution in [0.1, 0.15) is 13.3 Å². The van der Waals surface area contributed by atoms with E-state index in [1.807, 2.05) is 11.9 Å². The molecule has 0 amide bonds. The summed E-state index contributed by atoms with van der Waals surface area (Å²) < 4.78 is 3.90. The molecule has 1 N–H and O–H groups in total. The highest BCUT2D eigenvalue weighted by Gasteiger charge is 2.04. The minimum Gasteiger partial charge on any atom is -0.393 e. The quantitative estimate of drug-likeness (QED) is 0.755. The van der Waals surface area contributed by atoms with Crippen LogP contribution in [0.15, 0.2) is 6.33 Å². The Morgan fingerprint density at radius 2 is 2.50 bits per heavy atom. The largest absolute Gasteiger partial charge is 0.393 e. The smallest absolute Gasteiger partial charge is 0.204 e. The van der Waals surface area contributed by atoms with Gasteiger partial charge in [0.25, 0.3) is 0 Å². The molecule has 0 saturated heterocycles. The summed E-state index contributed by atoms with van der Waals surface area (Å²) in [6, 6.07) is 0. The van der Waals surface area contributed by atoms with Crippen molar-refractivity contribution in [2.75, 3.05) is 18.5 Å². The molecule has 0 bridgehead atoms. The lowest BCUT2D eigenvalue weighted by atomic mass is 10.3. The normalized spacial score (nSPS) is 12.9. The van der Waals surface area contributed by atoms with Crippen molar-refractivity contribution in [3.63, 3.8) is 0 Å². The average molecular weight is 187 g/mol. The molecule has 1 unspecified atom stereocenters. The van der Waals surface area contributed by atoms with E-state index in [-0.39, 0.29) is 6.10 Å². The second kappa shape index (κ2) is 4.37. The van der Waals surface area contributed by atoms with E-state index in [2.05, 4.69) is 9.36 Å². The molecule has 0 aliphatic carbocycles. The maximum absolute atomic E-state index is 9.04. The van der Waals surface area contributed by atoms with E-state index in [1.54, 1.807) is 13.3 Å². The number of hydrogen-bond donors (Lipinski definition) is 1. The highest BCUT2D eigenvalue weighted by atomic mass is 32.1. The first-order valence-corrected chi connectivity index (χ1v) is 4.63. The topological polar surface area (TPSA) is 49.2 Å². The molecule has 1 aromatic heterocycles. The van der Waals surface area contributed by atoms with Gasteiger partial charge in [-0.15, -0.1) is 0 Å². The fourth-order valence-electron chi connectivity index (χ4n) is 0.812. The van der Waals surface area contributed by atoms with Gasteiger partial charge in [0.15, 0.2) is 0 Å². The van der Waals surface area contributed by atoms with E-state index in [0.29, 0.717) is 0 Å². The van der Waals surface area contributed by atoms with Gasteiger partial charge in [0.1, 0.15) is 6.33 Å². The first-order chi connectivity index (χ1) is 5.70. The van der Waals surface area contributed by atoms with Crippen LogP contribution >= 0.6 is 11.5 Å². The van der Waals surface area contributed by atoms with Gasteiger partial charge in [-0.05, 0) is 13.3 Å². The van der Waals surface area contributed by atoms with Crippen LogP contribution in [0.5, 0.6) is 0 Å². The molecular formula is C7H13N3OS. The number of rotatable bonds is 4. The average Bonchev–Trinajstić information content (AvgIpc) is 2.51. The monoisotopic (exact) mass is 187 g/mol. The molecule has 5 heteroatoms. The van der Waals surface area contributed by atoms with Crippen molar-refractivity contribution in [1.82, 2.24) is 9.36 Å². The fourth-order valence-corrected chi connectivity index (χ4v) is 1.33. The summed E-state index contributed by atoms with van der Waals surface area (Å²) in [5.74, 6) is 0. The van der Waals surface area contributed by atoms with Crippen LogP contribution in [0.2, 0.25) is 0 Å². The molecule has 0 saturated carbocycles. The van der Waals surface area contributed by atoms with Gasteiger partial charge in [-0.25, -0.2) is 4.98 Å². The molecule has 12 heavy (non-hydrogen) atoms. The van der Waals surface area contributed by atoms with Crippen molar-refractivity contribution in [2.24, 2.45) is 0 Å². The second-order valence-electron chi connectivity index (χ2n) is 2.78. The Labute approximate surface area is 76.0 Å². The van der Waals surface area contributed by atoms with Gasteiger partial charge < -0.3 is 10.0 Å². The second-order valence-corrected chi connectivity index (χ2v) is 3.54. The zero-order chi connectivity index (χ0) is 8.97. The first kappa shape index (κ1) is 9.41. The van der Waals surface area contributed by atoms with Crippen molar-refractivity contribution in [1.29, 1.82) is 0 Å². The number of nitrogens with zero attached hydrogens (tertiary/aromatic N) is 3. The maximum atomic E-state index is 9.04. The lowest BCUT2D eigenvalue weighted by Gasteiger charge is -2.15. The van der Waals surface area contributed by atoms with E-state index in [9.17, 15) is 0 Å². The Balaban J connectivity index is 2.34. The number of aromatic nitrogens is 2. The summed E-state index contributed by atoms with van der Waals surface area (Å²) in [5.41, 5.74) is 0. The molecular weight excluding hydrogens is 174 g/mol. The Hall–Kier alpha value is -0.680. The molecule has 1 aromatic rings. The minimum absolute atomic E-state index is 0.250. The van der Waals surface area contributed by atoms with Crippen LogP contribution in [0.3, 0.4) is 0 Å². The highest BCUT2D eigenvalue weighted by molar-refractivity contribution is 7.09. The van der Waals surface area contributed by atoms with Crippen LogP contribution < -0.4 is 4.90 Å². The summed E-state index contributed by atoms with van der Waals surface area (Å²) >= 11 is 1.37. The van der Waals surface area contributed by atoms with Crippen molar-refractivity contribution in [3.05, 3.63) is 6.33 Å². The number of aliphatic hydroxyl groups is 1. The van der Waals surface area contributed by atoms with Gasteiger partial charge in [0.05, 0.1) is 6.10 Å². The Kier molecular flexibility index (Phi) is 3.43. The van der Waals surface area contributed by atoms with E-state index >= 15 is 0 Å². The van der Waals surface area contributed by atoms with Gasteiger partial charge in [-0.3, -0.25) is 0 Å². The standard InChI is InChI=1S/C7H13N3OS/c1-6(11)3-4-10(2)7-8-5-9-12-7/h5-6,11H,3-4H2,1-2H3. The molecule has 1 rings (SSSR count). The van der Waals surface area contributed by atoms with Crippen LogP contribution in [-0.4, -0.2) is 34.2 Å². The summed E-state index contributed by atoms with van der Waals surface area (Å²) in [6.07, 6.45) is 2.05. The number of anilines is 1. The van der Waals surface area contributed by atoms with Crippen molar-refractivity contribution >= 4 is 16.7 Å². The van der Waals surface area contributed by atoms with Crippen LogP contribution in [0.25, 0.3) is 0 Å².